The number of rotatable bonds is 5. The van der Waals surface area contributed by atoms with Crippen molar-refractivity contribution < 1.29 is 22.8 Å². The number of nitrogens with one attached hydrogen (secondary N) is 1. The van der Waals surface area contributed by atoms with E-state index in [-0.39, 0.29) is 17.0 Å². The van der Waals surface area contributed by atoms with E-state index in [9.17, 15) is 8.78 Å². The molecule has 0 aliphatic carbocycles. The molecule has 0 saturated carbocycles. The molecule has 0 spiro atoms. The van der Waals surface area contributed by atoms with Crippen LogP contribution in [0.5, 0.6) is 11.5 Å². The van der Waals surface area contributed by atoms with Gasteiger partial charge in [-0.3, -0.25) is 0 Å². The van der Waals surface area contributed by atoms with Crippen molar-refractivity contribution in [3.05, 3.63) is 54.4 Å². The molecule has 142 valence electrons. The van der Waals surface area contributed by atoms with Gasteiger partial charge in [0, 0.05) is 35.5 Å². The van der Waals surface area contributed by atoms with Gasteiger partial charge in [0.25, 0.3) is 5.71 Å². The third-order valence-electron chi connectivity index (χ3n) is 4.02. The highest BCUT2D eigenvalue weighted by atomic mass is 19.1. The van der Waals surface area contributed by atoms with E-state index < -0.39 is 11.6 Å². The van der Waals surface area contributed by atoms with Gasteiger partial charge >= 0.3 is 0 Å². The van der Waals surface area contributed by atoms with E-state index >= 15 is 0 Å². The topological polar surface area (TPSA) is 82.3 Å². The molecule has 7 nitrogen and oxygen atoms in total. The van der Waals surface area contributed by atoms with Crippen LogP contribution in [0, 0.1) is 11.6 Å². The predicted molar refractivity (Wildman–Crippen MR) is 97.8 cm³/mol. The molecule has 0 unspecified atom stereocenters. The van der Waals surface area contributed by atoms with Gasteiger partial charge in [-0.05, 0) is 12.1 Å². The molecule has 2 aromatic carbocycles. The van der Waals surface area contributed by atoms with E-state index in [1.807, 2.05) is 0 Å². The van der Waals surface area contributed by atoms with E-state index in [0.717, 1.165) is 18.2 Å². The van der Waals surface area contributed by atoms with Gasteiger partial charge in [0.2, 0.25) is 0 Å². The Kier molecular flexibility index (Phi) is 4.48. The Bertz CT molecular complexity index is 1120. The average molecular weight is 384 g/mol. The fraction of sp³-hybridized carbons (Fsp3) is 0.105. The van der Waals surface area contributed by atoms with Gasteiger partial charge in [-0.1, -0.05) is 5.16 Å². The monoisotopic (exact) mass is 384 g/mol. The molecule has 28 heavy (non-hydrogen) atoms. The summed E-state index contributed by atoms with van der Waals surface area (Å²) in [5, 5.41) is 7.42. The Morgan fingerprint density at radius 2 is 1.57 bits per heavy atom. The lowest BCUT2D eigenvalue weighted by atomic mass is 10.1. The van der Waals surface area contributed by atoms with Crippen LogP contribution in [0.4, 0.5) is 20.3 Å². The number of fused-ring (bicyclic) bond motifs is 1. The van der Waals surface area contributed by atoms with Crippen molar-refractivity contribution in [2.45, 2.75) is 0 Å². The molecule has 0 aliphatic rings. The summed E-state index contributed by atoms with van der Waals surface area (Å²) in [7, 11) is 3.08. The fourth-order valence-electron chi connectivity index (χ4n) is 2.79. The third kappa shape index (κ3) is 3.29. The summed E-state index contributed by atoms with van der Waals surface area (Å²) in [4.78, 5) is 8.25. The zero-order valence-electron chi connectivity index (χ0n) is 14.9. The lowest BCUT2D eigenvalue weighted by Gasteiger charge is -2.11. The highest BCUT2D eigenvalue weighted by Crippen LogP contribution is 2.34. The van der Waals surface area contributed by atoms with Crippen molar-refractivity contribution in [3.63, 3.8) is 0 Å². The van der Waals surface area contributed by atoms with Gasteiger partial charge in [0.15, 0.2) is 0 Å². The fourth-order valence-corrected chi connectivity index (χ4v) is 2.79. The molecule has 4 aromatic rings. The number of anilines is 2. The molecule has 1 N–H and O–H groups in total. The number of aromatic nitrogens is 3. The smallest absolute Gasteiger partial charge is 0.263 e. The summed E-state index contributed by atoms with van der Waals surface area (Å²) in [6.45, 7) is 0. The molecule has 0 saturated heterocycles. The first-order valence-corrected chi connectivity index (χ1v) is 8.14. The molecule has 2 aromatic heterocycles. The Balaban J connectivity index is 1.83. The van der Waals surface area contributed by atoms with Crippen molar-refractivity contribution in [2.75, 3.05) is 19.5 Å². The number of methoxy groups -OCH3 is 2. The molecule has 0 amide bonds. The first-order valence-electron chi connectivity index (χ1n) is 8.14. The highest BCUT2D eigenvalue weighted by molar-refractivity contribution is 5.98. The lowest BCUT2D eigenvalue weighted by Crippen LogP contribution is -1.97. The van der Waals surface area contributed by atoms with E-state index in [1.165, 1.54) is 20.5 Å². The molecule has 0 aliphatic heterocycles. The van der Waals surface area contributed by atoms with Crippen LogP contribution in [0.15, 0.2) is 47.2 Å². The maximum atomic E-state index is 13.7. The van der Waals surface area contributed by atoms with Crippen LogP contribution in [0.1, 0.15) is 0 Å². The third-order valence-corrected chi connectivity index (χ3v) is 4.02. The van der Waals surface area contributed by atoms with Crippen molar-refractivity contribution in [2.24, 2.45) is 0 Å². The number of benzene rings is 2. The van der Waals surface area contributed by atoms with Crippen LogP contribution in [-0.4, -0.2) is 29.3 Å². The van der Waals surface area contributed by atoms with Crippen LogP contribution in [0.25, 0.3) is 22.4 Å². The average Bonchev–Trinajstić information content (AvgIpc) is 3.12. The van der Waals surface area contributed by atoms with Crippen LogP contribution in [0.3, 0.4) is 0 Å². The van der Waals surface area contributed by atoms with E-state index in [1.54, 1.807) is 18.2 Å². The standard InChI is InChI=1S/C19H14F2N4O3/c1-26-14-6-13(7-15(8-14)27-2)24-18-16-17(25-28-19(16)23-9-22-18)10-3-11(20)5-12(21)4-10/h3-9H,1-2H3,(H,22,23,24). The van der Waals surface area contributed by atoms with Crippen molar-refractivity contribution in [1.29, 1.82) is 0 Å². The van der Waals surface area contributed by atoms with Crippen LogP contribution < -0.4 is 14.8 Å². The zero-order chi connectivity index (χ0) is 19.7. The number of hydrogen-bond acceptors (Lipinski definition) is 7. The second kappa shape index (κ2) is 7.10. The van der Waals surface area contributed by atoms with Gasteiger partial charge in [-0.25, -0.2) is 13.8 Å². The Morgan fingerprint density at radius 3 is 2.21 bits per heavy atom. The Labute approximate surface area is 157 Å². The molecule has 0 atom stereocenters. The molecule has 0 bridgehead atoms. The zero-order valence-corrected chi connectivity index (χ0v) is 14.9. The van der Waals surface area contributed by atoms with Gasteiger partial charge < -0.3 is 19.3 Å². The maximum absolute atomic E-state index is 13.7. The van der Waals surface area contributed by atoms with E-state index in [2.05, 4.69) is 20.4 Å². The first-order chi connectivity index (χ1) is 13.6. The molecule has 4 rings (SSSR count). The Hall–Kier alpha value is -3.75. The number of hydrogen-bond donors (Lipinski definition) is 1. The maximum Gasteiger partial charge on any atom is 0.263 e. The molecule has 0 radical (unpaired) electrons. The summed E-state index contributed by atoms with van der Waals surface area (Å²) < 4.78 is 43.1. The molecular weight excluding hydrogens is 370 g/mol. The van der Waals surface area contributed by atoms with Crippen molar-refractivity contribution in [1.82, 2.24) is 15.1 Å². The van der Waals surface area contributed by atoms with Crippen LogP contribution in [0.2, 0.25) is 0 Å². The summed E-state index contributed by atoms with van der Waals surface area (Å²) in [6, 6.07) is 8.31. The summed E-state index contributed by atoms with van der Waals surface area (Å²) in [5.41, 5.74) is 1.21. The summed E-state index contributed by atoms with van der Waals surface area (Å²) >= 11 is 0. The van der Waals surface area contributed by atoms with E-state index in [4.69, 9.17) is 14.0 Å². The SMILES string of the molecule is COc1cc(Nc2ncnc3onc(-c4cc(F)cc(F)c4)c23)cc(OC)c1. The van der Waals surface area contributed by atoms with Gasteiger partial charge in [-0.15, -0.1) is 0 Å². The van der Waals surface area contributed by atoms with E-state index in [0.29, 0.717) is 28.4 Å². The number of halogens is 2. The Morgan fingerprint density at radius 1 is 0.893 bits per heavy atom. The lowest BCUT2D eigenvalue weighted by molar-refractivity contribution is 0.395. The molecule has 0 fully saturated rings. The molecule has 9 heteroatoms. The van der Waals surface area contributed by atoms with Crippen molar-refractivity contribution >= 4 is 22.6 Å². The van der Waals surface area contributed by atoms with Gasteiger partial charge in [-0.2, -0.15) is 4.98 Å². The minimum Gasteiger partial charge on any atom is -0.497 e. The normalized spacial score (nSPS) is 10.9. The summed E-state index contributed by atoms with van der Waals surface area (Å²) in [5.74, 6) is 0.0427. The highest BCUT2D eigenvalue weighted by Gasteiger charge is 2.18. The quantitative estimate of drug-likeness (QED) is 0.549. The largest absolute Gasteiger partial charge is 0.497 e. The molecule has 2 heterocycles. The number of nitrogens with zero attached hydrogens (tertiary/aromatic N) is 3. The van der Waals surface area contributed by atoms with Gasteiger partial charge in [0.05, 0.1) is 14.2 Å². The second-order valence-corrected chi connectivity index (χ2v) is 5.82. The minimum atomic E-state index is -0.727. The minimum absolute atomic E-state index is 0.173. The van der Waals surface area contributed by atoms with Crippen LogP contribution >= 0.6 is 0 Å². The van der Waals surface area contributed by atoms with Crippen molar-refractivity contribution in [3.8, 4) is 22.8 Å². The second-order valence-electron chi connectivity index (χ2n) is 5.82. The predicted octanol–water partition coefficient (Wildman–Crippen LogP) is 4.32. The van der Waals surface area contributed by atoms with Gasteiger partial charge in [0.1, 0.15) is 46.4 Å². The summed E-state index contributed by atoms with van der Waals surface area (Å²) in [6.07, 6.45) is 1.29. The van der Waals surface area contributed by atoms with Crippen LogP contribution in [-0.2, 0) is 0 Å². The number of ether oxygens (including phenoxy) is 2. The first kappa shape index (κ1) is 17.7. The molecular formula is C19H14F2N4O3.